The molecule has 1 unspecified atom stereocenters. The topological polar surface area (TPSA) is 15.8 Å². The number of ether oxygens (including phenoxy) is 1. The largest absolute Gasteiger partial charge is 0.372 e. The predicted octanol–water partition coefficient (Wildman–Crippen LogP) is 1.60. The zero-order valence-electron chi connectivity index (χ0n) is 8.58. The molecule has 2 saturated heterocycles. The van der Waals surface area contributed by atoms with Gasteiger partial charge in [0.15, 0.2) is 0 Å². The van der Waals surface area contributed by atoms with Crippen molar-refractivity contribution < 1.29 is 4.74 Å². The molecule has 0 aromatic carbocycles. The SMILES string of the molecule is CC1(C)CCN(CC2CO2)CCS1. The molecule has 2 rings (SSSR count). The maximum Gasteiger partial charge on any atom is 0.0936 e. The minimum Gasteiger partial charge on any atom is -0.372 e. The zero-order chi connectivity index (χ0) is 9.31. The maximum atomic E-state index is 5.26. The Kier molecular flexibility index (Phi) is 2.86. The Hall–Kier alpha value is 0.270. The fourth-order valence-corrected chi connectivity index (χ4v) is 2.84. The molecule has 0 aliphatic carbocycles. The average Bonchev–Trinajstić information content (AvgIpc) is 2.83. The minimum absolute atomic E-state index is 0.485. The number of hydrogen-bond acceptors (Lipinski definition) is 3. The summed E-state index contributed by atoms with van der Waals surface area (Å²) in [5.74, 6) is 1.28. The van der Waals surface area contributed by atoms with Gasteiger partial charge in [-0.1, -0.05) is 13.8 Å². The van der Waals surface area contributed by atoms with Crippen LogP contribution in [-0.4, -0.2) is 47.7 Å². The summed E-state index contributed by atoms with van der Waals surface area (Å²) in [7, 11) is 0. The summed E-state index contributed by atoms with van der Waals surface area (Å²) < 4.78 is 5.74. The summed E-state index contributed by atoms with van der Waals surface area (Å²) in [6, 6.07) is 0. The van der Waals surface area contributed by atoms with Gasteiger partial charge in [-0.15, -0.1) is 0 Å². The van der Waals surface area contributed by atoms with E-state index in [0.717, 1.165) is 13.2 Å². The van der Waals surface area contributed by atoms with Crippen LogP contribution in [0, 0.1) is 0 Å². The summed E-state index contributed by atoms with van der Waals surface area (Å²) in [5, 5.41) is 0. The number of hydrogen-bond donors (Lipinski definition) is 0. The first kappa shape index (κ1) is 9.81. The van der Waals surface area contributed by atoms with Crippen molar-refractivity contribution in [1.82, 2.24) is 4.90 Å². The van der Waals surface area contributed by atoms with Gasteiger partial charge in [0.2, 0.25) is 0 Å². The van der Waals surface area contributed by atoms with Crippen molar-refractivity contribution >= 4 is 11.8 Å². The first-order valence-electron chi connectivity index (χ1n) is 5.14. The molecule has 0 bridgehead atoms. The van der Waals surface area contributed by atoms with Crippen molar-refractivity contribution in [2.24, 2.45) is 0 Å². The lowest BCUT2D eigenvalue weighted by atomic mass is 10.1. The second-order valence-electron chi connectivity index (χ2n) is 4.61. The van der Waals surface area contributed by atoms with Gasteiger partial charge >= 0.3 is 0 Å². The van der Waals surface area contributed by atoms with E-state index in [1.165, 1.54) is 25.3 Å². The van der Waals surface area contributed by atoms with Crippen LogP contribution in [0.4, 0.5) is 0 Å². The van der Waals surface area contributed by atoms with Crippen molar-refractivity contribution in [2.75, 3.05) is 32.0 Å². The molecule has 2 heterocycles. The van der Waals surface area contributed by atoms with E-state index in [0.29, 0.717) is 10.9 Å². The molecule has 2 aliphatic heterocycles. The van der Waals surface area contributed by atoms with Gasteiger partial charge in [0.05, 0.1) is 12.7 Å². The third-order valence-electron chi connectivity index (χ3n) is 2.79. The van der Waals surface area contributed by atoms with Crippen LogP contribution in [-0.2, 0) is 4.74 Å². The molecule has 2 aliphatic rings. The van der Waals surface area contributed by atoms with Crippen molar-refractivity contribution in [2.45, 2.75) is 31.1 Å². The predicted molar refractivity (Wildman–Crippen MR) is 57.3 cm³/mol. The Morgan fingerprint density at radius 2 is 2.23 bits per heavy atom. The van der Waals surface area contributed by atoms with Gasteiger partial charge in [0.25, 0.3) is 0 Å². The Morgan fingerprint density at radius 3 is 2.92 bits per heavy atom. The lowest BCUT2D eigenvalue weighted by Gasteiger charge is -2.22. The number of rotatable bonds is 2. The molecule has 2 nitrogen and oxygen atoms in total. The van der Waals surface area contributed by atoms with Crippen LogP contribution in [0.3, 0.4) is 0 Å². The second-order valence-corrected chi connectivity index (χ2v) is 6.42. The molecule has 13 heavy (non-hydrogen) atoms. The van der Waals surface area contributed by atoms with E-state index in [2.05, 4.69) is 30.5 Å². The zero-order valence-corrected chi connectivity index (χ0v) is 9.40. The third-order valence-corrected chi connectivity index (χ3v) is 4.17. The smallest absolute Gasteiger partial charge is 0.0936 e. The van der Waals surface area contributed by atoms with Crippen LogP contribution in [0.2, 0.25) is 0 Å². The van der Waals surface area contributed by atoms with E-state index in [-0.39, 0.29) is 0 Å². The van der Waals surface area contributed by atoms with Crippen LogP contribution in [0.25, 0.3) is 0 Å². The molecule has 2 fully saturated rings. The summed E-state index contributed by atoms with van der Waals surface area (Å²) in [6.45, 7) is 9.36. The molecule has 3 heteroatoms. The molecule has 76 valence electrons. The molecule has 0 amide bonds. The molecule has 0 spiro atoms. The van der Waals surface area contributed by atoms with E-state index in [1.54, 1.807) is 0 Å². The Labute approximate surface area is 85.0 Å². The van der Waals surface area contributed by atoms with Crippen molar-refractivity contribution in [3.63, 3.8) is 0 Å². The highest BCUT2D eigenvalue weighted by Crippen LogP contribution is 2.30. The lowest BCUT2D eigenvalue weighted by molar-refractivity contribution is 0.250. The fraction of sp³-hybridized carbons (Fsp3) is 1.00. The molecular weight excluding hydrogens is 182 g/mol. The summed E-state index contributed by atoms with van der Waals surface area (Å²) in [6.07, 6.45) is 1.87. The highest BCUT2D eigenvalue weighted by Gasteiger charge is 2.28. The first-order valence-corrected chi connectivity index (χ1v) is 6.12. The van der Waals surface area contributed by atoms with Gasteiger partial charge in [0.1, 0.15) is 0 Å². The van der Waals surface area contributed by atoms with E-state index in [1.807, 2.05) is 0 Å². The van der Waals surface area contributed by atoms with Crippen molar-refractivity contribution in [3.8, 4) is 0 Å². The molecule has 0 N–H and O–H groups in total. The van der Waals surface area contributed by atoms with Crippen LogP contribution in [0.15, 0.2) is 0 Å². The highest BCUT2D eigenvalue weighted by atomic mass is 32.2. The normalized spacial score (nSPS) is 34.2. The van der Waals surface area contributed by atoms with Crippen LogP contribution < -0.4 is 0 Å². The van der Waals surface area contributed by atoms with Gasteiger partial charge in [-0.3, -0.25) is 4.90 Å². The van der Waals surface area contributed by atoms with Gasteiger partial charge < -0.3 is 4.74 Å². The standard InChI is InChI=1S/C10H19NOS/c1-10(2)3-4-11(5-6-13-10)7-9-8-12-9/h9H,3-8H2,1-2H3. The van der Waals surface area contributed by atoms with Gasteiger partial charge in [0, 0.05) is 23.6 Å². The Balaban J connectivity index is 1.79. The van der Waals surface area contributed by atoms with Gasteiger partial charge in [-0.05, 0) is 13.0 Å². The summed E-state index contributed by atoms with van der Waals surface area (Å²) >= 11 is 2.11. The first-order chi connectivity index (χ1) is 6.16. The molecule has 0 saturated carbocycles. The number of nitrogens with zero attached hydrogens (tertiary/aromatic N) is 1. The summed E-state index contributed by atoms with van der Waals surface area (Å²) in [4.78, 5) is 2.55. The number of epoxide rings is 1. The fourth-order valence-electron chi connectivity index (χ4n) is 1.71. The van der Waals surface area contributed by atoms with Crippen LogP contribution in [0.5, 0.6) is 0 Å². The minimum atomic E-state index is 0.485. The molecule has 1 atom stereocenters. The summed E-state index contributed by atoms with van der Waals surface area (Å²) in [5.41, 5.74) is 0. The van der Waals surface area contributed by atoms with E-state index < -0.39 is 0 Å². The monoisotopic (exact) mass is 201 g/mol. The van der Waals surface area contributed by atoms with Gasteiger partial charge in [-0.25, -0.2) is 0 Å². The highest BCUT2D eigenvalue weighted by molar-refractivity contribution is 8.00. The van der Waals surface area contributed by atoms with Crippen LogP contribution in [0.1, 0.15) is 20.3 Å². The Bertz CT molecular complexity index is 180. The van der Waals surface area contributed by atoms with Crippen molar-refractivity contribution in [3.05, 3.63) is 0 Å². The van der Waals surface area contributed by atoms with Gasteiger partial charge in [-0.2, -0.15) is 11.8 Å². The average molecular weight is 201 g/mol. The van der Waals surface area contributed by atoms with E-state index in [9.17, 15) is 0 Å². The third kappa shape index (κ3) is 3.15. The molecule has 0 aromatic rings. The number of thioether (sulfide) groups is 1. The maximum absolute atomic E-state index is 5.26. The lowest BCUT2D eigenvalue weighted by Crippen LogP contribution is -2.30. The molecular formula is C10H19NOS. The van der Waals surface area contributed by atoms with Crippen LogP contribution >= 0.6 is 11.8 Å². The quantitative estimate of drug-likeness (QED) is 0.631. The Morgan fingerprint density at radius 1 is 1.46 bits per heavy atom. The van der Waals surface area contributed by atoms with Crippen molar-refractivity contribution in [1.29, 1.82) is 0 Å². The van der Waals surface area contributed by atoms with E-state index >= 15 is 0 Å². The molecule has 0 radical (unpaired) electrons. The molecule has 0 aromatic heterocycles. The second kappa shape index (κ2) is 3.79. The van der Waals surface area contributed by atoms with E-state index in [4.69, 9.17) is 4.74 Å².